The summed E-state index contributed by atoms with van der Waals surface area (Å²) in [6.07, 6.45) is -2.83. The number of ether oxygens (including phenoxy) is 4. The zero-order chi connectivity index (χ0) is 35.6. The van der Waals surface area contributed by atoms with Gasteiger partial charge in [0.1, 0.15) is 28.2 Å². The molecule has 0 fully saturated rings. The molecule has 0 aliphatic carbocycles. The summed E-state index contributed by atoms with van der Waals surface area (Å²) in [5.41, 5.74) is 3.36. The van der Waals surface area contributed by atoms with Gasteiger partial charge in [-0.05, 0) is 74.4 Å². The molecule has 0 atom stereocenters. The Labute approximate surface area is 286 Å². The maximum absolute atomic E-state index is 11.4. The fraction of sp³-hybridized carbons (Fsp3) is 0.464. The van der Waals surface area contributed by atoms with Crippen molar-refractivity contribution in [2.45, 2.75) is 79.1 Å². The Balaban J connectivity index is -0.000000284. The first-order valence-corrected chi connectivity index (χ1v) is 12.6. The number of alkyl halides is 1. The minimum absolute atomic E-state index is 0. The van der Waals surface area contributed by atoms with Crippen LogP contribution in [0.3, 0.4) is 0 Å². The summed E-state index contributed by atoms with van der Waals surface area (Å²) in [6, 6.07) is 12.0. The minimum Gasteiger partial charge on any atom is -1.00 e. The van der Waals surface area contributed by atoms with Crippen LogP contribution in [0.15, 0.2) is 48.5 Å². The number of halogens is 1. The molecule has 0 aliphatic rings. The van der Waals surface area contributed by atoms with E-state index in [1.54, 1.807) is 80.5 Å². The first-order valence-electron chi connectivity index (χ1n) is 13.3. The fourth-order valence-corrected chi connectivity index (χ4v) is 2.42. The Kier molecular flexibility index (Phi) is 20.0. The van der Waals surface area contributed by atoms with Crippen molar-refractivity contribution in [1.29, 1.82) is 0 Å². The SMILES string of the molecule is CC(C)(C)OC(=O)Nc1ccccc1[N+](=O)[O-].CC(C)(C)OC(=O)OC(=O)OC(C)(C)C.Nc1ccccc1[N+](=O)[O-].[2H]CF.[H-].[Na+]. The number of nitrogen functional groups attached to an aromatic ring is 1. The summed E-state index contributed by atoms with van der Waals surface area (Å²) in [7, 11) is -1.00. The van der Waals surface area contributed by atoms with Gasteiger partial charge in [-0.1, -0.05) is 24.3 Å². The Hall–Kier alpha value is -4.02. The summed E-state index contributed by atoms with van der Waals surface area (Å²) in [5, 5.41) is 23.2. The number of nitro benzene ring substituents is 2. The maximum Gasteiger partial charge on any atom is 1.00 e. The van der Waals surface area contributed by atoms with E-state index in [9.17, 15) is 39.0 Å². The van der Waals surface area contributed by atoms with Crippen molar-refractivity contribution in [3.63, 3.8) is 0 Å². The van der Waals surface area contributed by atoms with Crippen LogP contribution in [0.5, 0.6) is 0 Å². The molecule has 17 heteroatoms. The van der Waals surface area contributed by atoms with Gasteiger partial charge in [0.25, 0.3) is 11.4 Å². The molecule has 0 aromatic heterocycles. The molecule has 45 heavy (non-hydrogen) atoms. The van der Waals surface area contributed by atoms with Gasteiger partial charge in [-0.15, -0.1) is 0 Å². The second-order valence-corrected chi connectivity index (χ2v) is 11.2. The summed E-state index contributed by atoms with van der Waals surface area (Å²) in [4.78, 5) is 53.2. The van der Waals surface area contributed by atoms with Crippen molar-refractivity contribution >= 4 is 41.2 Å². The van der Waals surface area contributed by atoms with Gasteiger partial charge in [-0.25, -0.2) is 14.4 Å². The van der Waals surface area contributed by atoms with Crippen molar-refractivity contribution in [3.8, 4) is 0 Å². The number of carbonyl (C=O) groups excluding carboxylic acids is 3. The summed E-state index contributed by atoms with van der Waals surface area (Å²) < 4.78 is 34.3. The summed E-state index contributed by atoms with van der Waals surface area (Å²) >= 11 is 0. The molecular weight excluding hydrogens is 610 g/mol. The number of benzene rings is 2. The molecule has 0 spiro atoms. The van der Waals surface area contributed by atoms with E-state index in [4.69, 9.17) is 21.3 Å². The molecule has 0 heterocycles. The molecule has 3 N–H and O–H groups in total. The van der Waals surface area contributed by atoms with E-state index >= 15 is 0 Å². The number of nitro groups is 2. The second-order valence-electron chi connectivity index (χ2n) is 11.2. The molecule has 0 unspecified atom stereocenters. The first-order chi connectivity index (χ1) is 20.4. The van der Waals surface area contributed by atoms with E-state index < -0.39 is 52.2 Å². The standard InChI is InChI=1S/C11H14N2O4.C10H18O5.C6H6N2O2.CH3F.Na.H/c1-11(2,3)17-10(14)12-8-6-4-5-7-9(8)13(15)16;1-9(2,3)14-7(11)13-8(12)15-10(4,5)6;7-5-3-1-2-4-6(5)8(9)10;1-2;;/h4-7H,1-3H3,(H,12,14);1-6H3;1-4H,7H2;1H3;;/q;;;;+1;-1/i;;;1D;;. The second kappa shape index (κ2) is 20.8. The van der Waals surface area contributed by atoms with Crippen molar-refractivity contribution in [2.24, 2.45) is 0 Å². The first kappa shape index (κ1) is 43.1. The number of nitrogens with one attached hydrogen (secondary N) is 1. The zero-order valence-electron chi connectivity index (χ0n) is 29.2. The molecule has 1 amide bonds. The number of nitrogens with two attached hydrogens (primary N) is 1. The number of para-hydroxylation sites is 4. The number of amides is 1. The largest absolute Gasteiger partial charge is 1.00 e. The molecule has 0 aliphatic heterocycles. The third-order valence-corrected chi connectivity index (χ3v) is 3.82. The minimum atomic E-state index is -1.06. The Morgan fingerprint density at radius 3 is 1.47 bits per heavy atom. The van der Waals surface area contributed by atoms with Gasteiger partial charge in [0.05, 0.1) is 18.4 Å². The molecule has 0 bridgehead atoms. The molecule has 248 valence electrons. The van der Waals surface area contributed by atoms with E-state index in [-0.39, 0.29) is 53.7 Å². The van der Waals surface area contributed by atoms with Crippen LogP contribution in [0.1, 0.15) is 65.1 Å². The van der Waals surface area contributed by atoms with Crippen molar-refractivity contribution in [1.82, 2.24) is 0 Å². The third-order valence-electron chi connectivity index (χ3n) is 3.82. The molecule has 0 saturated carbocycles. The maximum atomic E-state index is 11.4. The smallest absolute Gasteiger partial charge is 1.00 e. The monoisotopic (exact) mass is 653 g/mol. The number of carbonyl (C=O) groups is 3. The third kappa shape index (κ3) is 24.0. The van der Waals surface area contributed by atoms with Crippen LogP contribution in [0.4, 0.5) is 41.5 Å². The number of rotatable bonds is 3. The predicted molar refractivity (Wildman–Crippen MR) is 162 cm³/mol. The Morgan fingerprint density at radius 1 is 0.778 bits per heavy atom. The number of nitrogens with zero attached hydrogens (tertiary/aromatic N) is 2. The number of anilines is 2. The molecule has 0 radical (unpaired) electrons. The van der Waals surface area contributed by atoms with Crippen LogP contribution in [0.25, 0.3) is 0 Å². The van der Waals surface area contributed by atoms with Gasteiger partial charge in [0.15, 0.2) is 0 Å². The van der Waals surface area contributed by atoms with Gasteiger partial charge in [0, 0.05) is 12.1 Å². The van der Waals surface area contributed by atoms with E-state index in [1.807, 2.05) is 0 Å². The summed E-state index contributed by atoms with van der Waals surface area (Å²) in [6.45, 7) is 15.2. The van der Waals surface area contributed by atoms with E-state index in [1.165, 1.54) is 30.3 Å². The quantitative estimate of drug-likeness (QED) is 0.0878. The average molecular weight is 654 g/mol. The predicted octanol–water partition coefficient (Wildman–Crippen LogP) is 4.69. The Morgan fingerprint density at radius 2 is 1.13 bits per heavy atom. The summed E-state index contributed by atoms with van der Waals surface area (Å²) in [5.74, 6) is 0. The van der Waals surface area contributed by atoms with Gasteiger partial charge < -0.3 is 26.1 Å². The Bertz CT molecular complexity index is 1260. The van der Waals surface area contributed by atoms with Crippen LogP contribution in [0.2, 0.25) is 0 Å². The molecule has 15 nitrogen and oxygen atoms in total. The van der Waals surface area contributed by atoms with Crippen LogP contribution >= 0.6 is 0 Å². The van der Waals surface area contributed by atoms with Crippen LogP contribution in [-0.2, 0) is 18.9 Å². The van der Waals surface area contributed by atoms with Gasteiger partial charge in [0.2, 0.25) is 0 Å². The zero-order valence-corrected chi connectivity index (χ0v) is 29.2. The van der Waals surface area contributed by atoms with Crippen molar-refractivity contribution in [3.05, 3.63) is 68.8 Å². The topological polar surface area (TPSA) is 212 Å². The molecule has 0 saturated heterocycles. The van der Waals surface area contributed by atoms with Crippen LogP contribution < -0.4 is 40.6 Å². The molecule has 2 aromatic carbocycles. The van der Waals surface area contributed by atoms with Crippen molar-refractivity contribution in [2.75, 3.05) is 18.2 Å². The normalized spacial score (nSPS) is 10.5. The number of hydrogen-bond donors (Lipinski definition) is 2. The van der Waals surface area contributed by atoms with E-state index in [0.29, 0.717) is 0 Å². The molecule has 2 aromatic rings. The van der Waals surface area contributed by atoms with Crippen LogP contribution in [0, 0.1) is 20.2 Å². The van der Waals surface area contributed by atoms with Gasteiger partial charge in [-0.2, -0.15) is 0 Å². The van der Waals surface area contributed by atoms with E-state index in [2.05, 4.69) is 10.1 Å². The molecule has 2 rings (SSSR count). The average Bonchev–Trinajstić information content (AvgIpc) is 2.82. The van der Waals surface area contributed by atoms with Gasteiger partial charge in [-0.3, -0.25) is 29.9 Å². The van der Waals surface area contributed by atoms with Gasteiger partial charge >= 0.3 is 48.0 Å². The fourth-order valence-electron chi connectivity index (χ4n) is 2.42. The van der Waals surface area contributed by atoms with Crippen LogP contribution in [-0.4, -0.2) is 52.2 Å². The molecular formula is C28H42FN4NaO11. The number of hydrogen-bond acceptors (Lipinski definition) is 12. The van der Waals surface area contributed by atoms with Crippen molar-refractivity contribution < 1.29 is 79.9 Å². The van der Waals surface area contributed by atoms with E-state index in [0.717, 1.165) is 0 Å².